The topological polar surface area (TPSA) is 96.5 Å². The zero-order valence-electron chi connectivity index (χ0n) is 18.8. The first-order valence-corrected chi connectivity index (χ1v) is 12.5. The van der Waals surface area contributed by atoms with Crippen LogP contribution in [0.5, 0.6) is 5.75 Å². The number of benzene rings is 2. The summed E-state index contributed by atoms with van der Waals surface area (Å²) in [6, 6.07) is 12.9. The smallest absolute Gasteiger partial charge is 0.257 e. The molecule has 2 rings (SSSR count). The summed E-state index contributed by atoms with van der Waals surface area (Å²) in [4.78, 5) is 12.7. The molecule has 0 saturated carbocycles. The second kappa shape index (κ2) is 11.9. The zero-order chi connectivity index (χ0) is 23.7. The quantitative estimate of drug-likeness (QED) is 0.441. The monoisotopic (exact) mass is 477 g/mol. The van der Waals surface area contributed by atoms with Crippen LogP contribution in [-0.4, -0.2) is 32.1 Å². The first-order chi connectivity index (χ1) is 15.1. The van der Waals surface area contributed by atoms with E-state index in [9.17, 15) is 13.2 Å². The molecule has 0 fully saturated rings. The molecule has 0 spiro atoms. The van der Waals surface area contributed by atoms with Gasteiger partial charge in [-0.25, -0.2) is 13.1 Å². The Labute approximate surface area is 196 Å². The Morgan fingerprint density at radius 3 is 2.41 bits per heavy atom. The Hall–Kier alpha value is -2.49. The predicted molar refractivity (Wildman–Crippen MR) is 132 cm³/mol. The van der Waals surface area contributed by atoms with Gasteiger partial charge < -0.3 is 10.1 Å². The van der Waals surface area contributed by atoms with Gasteiger partial charge in [0.2, 0.25) is 10.0 Å². The fourth-order valence-corrected chi connectivity index (χ4v) is 4.15. The second-order valence-corrected chi connectivity index (χ2v) is 10.0. The van der Waals surface area contributed by atoms with Crippen LogP contribution in [0.2, 0.25) is 0 Å². The summed E-state index contributed by atoms with van der Waals surface area (Å²) in [5.41, 5.74) is 0.984. The number of nitrogens with one attached hydrogen (secondary N) is 3. The van der Waals surface area contributed by atoms with E-state index in [4.69, 9.17) is 17.0 Å². The van der Waals surface area contributed by atoms with Crippen molar-refractivity contribution in [1.82, 2.24) is 10.0 Å². The van der Waals surface area contributed by atoms with Gasteiger partial charge in [0.05, 0.1) is 11.5 Å². The lowest BCUT2D eigenvalue weighted by atomic mass is 10.1. The second-order valence-electron chi connectivity index (χ2n) is 7.92. The van der Waals surface area contributed by atoms with E-state index in [1.807, 2.05) is 13.8 Å². The Bertz CT molecular complexity index is 1020. The number of carbonyl (C=O) groups excluding carboxylic acids is 1. The third-order valence-electron chi connectivity index (χ3n) is 4.68. The van der Waals surface area contributed by atoms with Gasteiger partial charge >= 0.3 is 0 Å². The van der Waals surface area contributed by atoms with Gasteiger partial charge in [-0.2, -0.15) is 0 Å². The molecule has 3 N–H and O–H groups in total. The van der Waals surface area contributed by atoms with Crippen LogP contribution in [0.25, 0.3) is 0 Å². The average Bonchev–Trinajstić information content (AvgIpc) is 2.73. The number of hydrogen-bond donors (Lipinski definition) is 3. The van der Waals surface area contributed by atoms with Gasteiger partial charge in [-0.15, -0.1) is 0 Å². The van der Waals surface area contributed by atoms with Crippen LogP contribution in [0, 0.1) is 5.92 Å². The molecule has 0 aliphatic carbocycles. The SMILES string of the molecule is CCC(C)NS(=O)(=O)c1ccc(NC(=S)NC(=O)c2cccc(OCCC(C)C)c2)cc1. The van der Waals surface area contributed by atoms with Gasteiger partial charge in [-0.1, -0.05) is 26.8 Å². The van der Waals surface area contributed by atoms with E-state index in [2.05, 4.69) is 29.2 Å². The van der Waals surface area contributed by atoms with E-state index in [1.165, 1.54) is 12.1 Å². The van der Waals surface area contributed by atoms with Gasteiger partial charge in [0, 0.05) is 17.3 Å². The molecule has 1 amide bonds. The summed E-state index contributed by atoms with van der Waals surface area (Å²) in [7, 11) is -3.58. The predicted octanol–water partition coefficient (Wildman–Crippen LogP) is 4.32. The van der Waals surface area contributed by atoms with Crippen molar-refractivity contribution < 1.29 is 17.9 Å². The number of amides is 1. The summed E-state index contributed by atoms with van der Waals surface area (Å²) >= 11 is 5.22. The number of hydrogen-bond acceptors (Lipinski definition) is 5. The molecular formula is C23H31N3O4S2. The number of ether oxygens (including phenoxy) is 1. The molecule has 0 radical (unpaired) electrons. The van der Waals surface area contributed by atoms with Crippen LogP contribution in [-0.2, 0) is 10.0 Å². The maximum absolute atomic E-state index is 12.5. The maximum atomic E-state index is 12.5. The lowest BCUT2D eigenvalue weighted by Gasteiger charge is -2.13. The summed E-state index contributed by atoms with van der Waals surface area (Å²) < 4.78 is 33.0. The molecule has 0 saturated heterocycles. The fourth-order valence-electron chi connectivity index (χ4n) is 2.61. The Morgan fingerprint density at radius 2 is 1.78 bits per heavy atom. The minimum absolute atomic E-state index is 0.106. The molecule has 2 aromatic carbocycles. The molecule has 9 heteroatoms. The molecule has 32 heavy (non-hydrogen) atoms. The van der Waals surface area contributed by atoms with Gasteiger partial charge in [0.25, 0.3) is 5.91 Å². The molecule has 1 unspecified atom stereocenters. The average molecular weight is 478 g/mol. The first kappa shape index (κ1) is 25.8. The lowest BCUT2D eigenvalue weighted by Crippen LogP contribution is -2.34. The van der Waals surface area contributed by atoms with E-state index < -0.39 is 10.0 Å². The largest absolute Gasteiger partial charge is 0.494 e. The van der Waals surface area contributed by atoms with Crippen molar-refractivity contribution in [1.29, 1.82) is 0 Å². The summed E-state index contributed by atoms with van der Waals surface area (Å²) in [5.74, 6) is 0.795. The summed E-state index contributed by atoms with van der Waals surface area (Å²) in [6.45, 7) is 8.55. The lowest BCUT2D eigenvalue weighted by molar-refractivity contribution is 0.0977. The highest BCUT2D eigenvalue weighted by molar-refractivity contribution is 7.89. The molecule has 0 aliphatic rings. The Balaban J connectivity index is 1.94. The fraction of sp³-hybridized carbons (Fsp3) is 0.391. The minimum atomic E-state index is -3.58. The number of rotatable bonds is 10. The van der Waals surface area contributed by atoms with E-state index in [0.29, 0.717) is 35.9 Å². The normalized spacial score (nSPS) is 12.3. The number of thiocarbonyl (C=S) groups is 1. The van der Waals surface area contributed by atoms with Crippen molar-refractivity contribution in [2.24, 2.45) is 5.92 Å². The Morgan fingerprint density at radius 1 is 1.09 bits per heavy atom. The zero-order valence-corrected chi connectivity index (χ0v) is 20.5. The molecule has 2 aromatic rings. The van der Waals surface area contributed by atoms with E-state index in [0.717, 1.165) is 6.42 Å². The molecule has 1 atom stereocenters. The van der Waals surface area contributed by atoms with E-state index in [-0.39, 0.29) is 22.0 Å². The van der Waals surface area contributed by atoms with Crippen LogP contribution in [0.1, 0.15) is 50.9 Å². The minimum Gasteiger partial charge on any atom is -0.494 e. The maximum Gasteiger partial charge on any atom is 0.257 e. The molecular weight excluding hydrogens is 446 g/mol. The van der Waals surface area contributed by atoms with Gasteiger partial charge in [-0.3, -0.25) is 10.1 Å². The van der Waals surface area contributed by atoms with Gasteiger partial charge in [-0.05, 0) is 80.4 Å². The van der Waals surface area contributed by atoms with Crippen molar-refractivity contribution in [3.63, 3.8) is 0 Å². The third-order valence-corrected chi connectivity index (χ3v) is 6.49. The number of carbonyl (C=O) groups is 1. The molecule has 0 heterocycles. The van der Waals surface area contributed by atoms with Gasteiger partial charge in [0.1, 0.15) is 5.75 Å². The summed E-state index contributed by atoms with van der Waals surface area (Å²) in [6.07, 6.45) is 1.62. The van der Waals surface area contributed by atoms with Crippen LogP contribution in [0.15, 0.2) is 53.4 Å². The third kappa shape index (κ3) is 8.22. The van der Waals surface area contributed by atoms with Crippen LogP contribution >= 0.6 is 12.2 Å². The van der Waals surface area contributed by atoms with Crippen LogP contribution in [0.3, 0.4) is 0 Å². The highest BCUT2D eigenvalue weighted by Crippen LogP contribution is 2.16. The highest BCUT2D eigenvalue weighted by atomic mass is 32.2. The highest BCUT2D eigenvalue weighted by Gasteiger charge is 2.16. The molecule has 0 aliphatic heterocycles. The first-order valence-electron chi connectivity index (χ1n) is 10.6. The molecule has 174 valence electrons. The number of anilines is 1. The molecule has 7 nitrogen and oxygen atoms in total. The van der Waals surface area contributed by atoms with Crippen molar-refractivity contribution >= 4 is 38.9 Å². The summed E-state index contributed by atoms with van der Waals surface area (Å²) in [5, 5.41) is 5.61. The van der Waals surface area contributed by atoms with Crippen molar-refractivity contribution in [2.75, 3.05) is 11.9 Å². The van der Waals surface area contributed by atoms with Crippen molar-refractivity contribution in [3.05, 3.63) is 54.1 Å². The van der Waals surface area contributed by atoms with Crippen LogP contribution in [0.4, 0.5) is 5.69 Å². The standard InChI is InChI=1S/C23H31N3O4S2/c1-5-17(4)26-32(28,29)21-11-9-19(10-12-21)24-23(31)25-22(27)18-7-6-8-20(15-18)30-14-13-16(2)3/h6-12,15-17,26H,5,13-14H2,1-4H3,(H2,24,25,27,31). The van der Waals surface area contributed by atoms with Crippen molar-refractivity contribution in [2.45, 2.75) is 51.5 Å². The van der Waals surface area contributed by atoms with E-state index in [1.54, 1.807) is 36.4 Å². The van der Waals surface area contributed by atoms with Crippen LogP contribution < -0.4 is 20.1 Å². The Kier molecular flexibility index (Phi) is 9.61. The van der Waals surface area contributed by atoms with Crippen molar-refractivity contribution in [3.8, 4) is 5.75 Å². The van der Waals surface area contributed by atoms with E-state index >= 15 is 0 Å². The van der Waals surface area contributed by atoms with Gasteiger partial charge in [0.15, 0.2) is 5.11 Å². The molecule has 0 aromatic heterocycles. The number of sulfonamides is 1. The molecule has 0 bridgehead atoms.